The van der Waals surface area contributed by atoms with Crippen molar-refractivity contribution in [3.63, 3.8) is 0 Å². The Hall–Kier alpha value is -5.02. The van der Waals surface area contributed by atoms with Crippen molar-refractivity contribution in [1.82, 2.24) is 39.7 Å². The molecule has 1 aliphatic rings. The molecular weight excluding hydrogens is 699 g/mol. The van der Waals surface area contributed by atoms with Gasteiger partial charge in [-0.15, -0.1) is 0 Å². The maximum Gasteiger partial charge on any atom is 0.407 e. The number of fused-ring (bicyclic) bond motifs is 1. The summed E-state index contributed by atoms with van der Waals surface area (Å²) >= 11 is 14.0. The van der Waals surface area contributed by atoms with Crippen LogP contribution in [0.15, 0.2) is 59.7 Å². The van der Waals surface area contributed by atoms with Gasteiger partial charge in [0.1, 0.15) is 11.3 Å². The van der Waals surface area contributed by atoms with Crippen LogP contribution in [-0.2, 0) is 24.9 Å². The maximum absolute atomic E-state index is 13.2. The molecule has 0 saturated carbocycles. The van der Waals surface area contributed by atoms with Gasteiger partial charge in [0.25, 0.3) is 5.56 Å². The van der Waals surface area contributed by atoms with Gasteiger partial charge in [-0.25, -0.2) is 14.3 Å². The first-order valence-electron chi connectivity index (χ1n) is 16.2. The molecule has 0 radical (unpaired) electrons. The second-order valence-electron chi connectivity index (χ2n) is 12.3. The standard InChI is InChI=1S/C35H36Cl2N8O6/c1-19(46)14-38-15-28-42-45-17-21(13-27(45)34(48)43(28)2)32-31(37)24(11-12-39-32)23-5-4-6-25(30(23)36)26-9-7-20(33(41-26)51-3)16-44(35(49)50)18-22-8-10-29(47)40-22/h4-7,9,11-13,17,19,22,38,46H,8,10,14-16,18H2,1-3H3,(H,40,47)(H,49,50). The maximum atomic E-state index is 13.2. The monoisotopic (exact) mass is 734 g/mol. The van der Waals surface area contributed by atoms with Gasteiger partial charge in [0.05, 0.1) is 47.7 Å². The molecule has 266 valence electrons. The molecule has 2 amide bonds. The fourth-order valence-corrected chi connectivity index (χ4v) is 6.70. The third-order valence-electron chi connectivity index (χ3n) is 8.67. The number of nitrogens with zero attached hydrogens (tertiary/aromatic N) is 6. The molecule has 5 heterocycles. The highest BCUT2D eigenvalue weighted by atomic mass is 35.5. The van der Waals surface area contributed by atoms with Gasteiger partial charge >= 0.3 is 6.09 Å². The number of hydrogen-bond acceptors (Lipinski definition) is 9. The Morgan fingerprint density at radius 3 is 2.63 bits per heavy atom. The average molecular weight is 736 g/mol. The van der Waals surface area contributed by atoms with Gasteiger partial charge in [0.2, 0.25) is 11.8 Å². The fraction of sp³-hybridized carbons (Fsp3) is 0.314. The Labute approximate surface area is 302 Å². The lowest BCUT2D eigenvalue weighted by atomic mass is 10.00. The lowest BCUT2D eigenvalue weighted by Gasteiger charge is -2.23. The SMILES string of the molecule is COc1nc(-c2cccc(-c3ccnc(-c4cc5c(=O)n(C)c(CNCC(C)O)nn5c4)c3Cl)c2Cl)ccc1CN(CC1CCC(=O)N1)C(=O)O. The van der Waals surface area contributed by atoms with Crippen LogP contribution in [0.2, 0.25) is 10.0 Å². The van der Waals surface area contributed by atoms with Crippen LogP contribution in [0.4, 0.5) is 4.79 Å². The molecule has 51 heavy (non-hydrogen) atoms. The van der Waals surface area contributed by atoms with Crippen LogP contribution in [0.1, 0.15) is 31.2 Å². The van der Waals surface area contributed by atoms with Crippen molar-refractivity contribution < 1.29 is 24.5 Å². The molecule has 4 aromatic heterocycles. The van der Waals surface area contributed by atoms with E-state index in [1.807, 2.05) is 18.2 Å². The van der Waals surface area contributed by atoms with Crippen LogP contribution in [0, 0.1) is 0 Å². The van der Waals surface area contributed by atoms with E-state index in [-0.39, 0.29) is 43.0 Å². The van der Waals surface area contributed by atoms with E-state index < -0.39 is 12.2 Å². The summed E-state index contributed by atoms with van der Waals surface area (Å²) in [7, 11) is 3.10. The number of rotatable bonds is 12. The topological polar surface area (TPSA) is 176 Å². The molecule has 0 aliphatic carbocycles. The molecular formula is C35H36Cl2N8O6. The van der Waals surface area contributed by atoms with Gasteiger partial charge in [-0.05, 0) is 37.6 Å². The Morgan fingerprint density at radius 2 is 1.92 bits per heavy atom. The van der Waals surface area contributed by atoms with E-state index in [4.69, 9.17) is 27.9 Å². The predicted molar refractivity (Wildman–Crippen MR) is 192 cm³/mol. The molecule has 2 atom stereocenters. The molecule has 1 saturated heterocycles. The zero-order valence-corrected chi connectivity index (χ0v) is 29.6. The molecule has 14 nitrogen and oxygen atoms in total. The molecule has 6 rings (SSSR count). The number of carboxylic acid groups (broad SMARTS) is 1. The van der Waals surface area contributed by atoms with Gasteiger partial charge in [-0.2, -0.15) is 5.10 Å². The fourth-order valence-electron chi connectivity index (χ4n) is 6.05. The van der Waals surface area contributed by atoms with Gasteiger partial charge < -0.3 is 30.5 Å². The third-order valence-corrected chi connectivity index (χ3v) is 9.46. The summed E-state index contributed by atoms with van der Waals surface area (Å²) in [6.45, 7) is 2.46. The number of aromatic nitrogens is 5. The quantitative estimate of drug-likeness (QED) is 0.144. The van der Waals surface area contributed by atoms with Crippen molar-refractivity contribution >= 4 is 40.7 Å². The first-order chi connectivity index (χ1) is 24.4. The second-order valence-corrected chi connectivity index (χ2v) is 13.1. The van der Waals surface area contributed by atoms with Crippen molar-refractivity contribution in [3.8, 4) is 39.5 Å². The van der Waals surface area contributed by atoms with E-state index in [0.717, 1.165) is 0 Å². The smallest absolute Gasteiger partial charge is 0.407 e. The number of pyridine rings is 2. The highest BCUT2D eigenvalue weighted by Gasteiger charge is 2.26. The van der Waals surface area contributed by atoms with E-state index in [1.54, 1.807) is 50.6 Å². The lowest BCUT2D eigenvalue weighted by molar-refractivity contribution is -0.119. The molecule has 1 aliphatic heterocycles. The first kappa shape index (κ1) is 35.8. The number of aliphatic hydroxyl groups is 1. The number of amides is 2. The molecule has 5 aromatic rings. The van der Waals surface area contributed by atoms with Crippen LogP contribution >= 0.6 is 23.2 Å². The highest BCUT2D eigenvalue weighted by molar-refractivity contribution is 6.39. The van der Waals surface area contributed by atoms with Crippen LogP contribution < -0.4 is 20.9 Å². The Morgan fingerprint density at radius 1 is 1.16 bits per heavy atom. The number of carbonyl (C=O) groups is 2. The van der Waals surface area contributed by atoms with E-state index in [0.29, 0.717) is 80.0 Å². The van der Waals surface area contributed by atoms with E-state index in [9.17, 15) is 24.6 Å². The Kier molecular flexibility index (Phi) is 10.6. The number of benzene rings is 1. The van der Waals surface area contributed by atoms with Gasteiger partial charge in [0.15, 0.2) is 0 Å². The van der Waals surface area contributed by atoms with Crippen molar-refractivity contribution in [2.45, 2.75) is 45.0 Å². The van der Waals surface area contributed by atoms with Crippen molar-refractivity contribution in [2.24, 2.45) is 7.05 Å². The first-order valence-corrected chi connectivity index (χ1v) is 16.9. The van der Waals surface area contributed by atoms with E-state index >= 15 is 0 Å². The van der Waals surface area contributed by atoms with E-state index in [1.165, 1.54) is 21.1 Å². The van der Waals surface area contributed by atoms with Crippen LogP contribution in [-0.4, -0.2) is 83.6 Å². The van der Waals surface area contributed by atoms with Crippen molar-refractivity contribution in [2.75, 3.05) is 20.2 Å². The Balaban J connectivity index is 1.30. The van der Waals surface area contributed by atoms with Crippen LogP contribution in [0.5, 0.6) is 5.88 Å². The minimum absolute atomic E-state index is 0.0131. The average Bonchev–Trinajstić information content (AvgIpc) is 3.72. The molecule has 1 aromatic carbocycles. The molecule has 0 bridgehead atoms. The van der Waals surface area contributed by atoms with Crippen molar-refractivity contribution in [3.05, 3.63) is 86.6 Å². The summed E-state index contributed by atoms with van der Waals surface area (Å²) in [5.41, 5.74) is 3.97. The normalized spacial score (nSPS) is 14.9. The minimum atomic E-state index is -1.12. The second kappa shape index (κ2) is 15.1. The van der Waals surface area contributed by atoms with Crippen molar-refractivity contribution in [1.29, 1.82) is 0 Å². The summed E-state index contributed by atoms with van der Waals surface area (Å²) in [5, 5.41) is 30.6. The van der Waals surface area contributed by atoms with Crippen LogP contribution in [0.3, 0.4) is 0 Å². The summed E-state index contributed by atoms with van der Waals surface area (Å²) in [6, 6.07) is 12.1. The van der Waals surface area contributed by atoms with Gasteiger partial charge in [-0.1, -0.05) is 41.4 Å². The van der Waals surface area contributed by atoms with E-state index in [2.05, 4.69) is 25.7 Å². The molecule has 16 heteroatoms. The molecule has 1 fully saturated rings. The lowest BCUT2D eigenvalue weighted by Crippen LogP contribution is -2.41. The molecule has 4 N–H and O–H groups in total. The number of ether oxygens (including phenoxy) is 1. The van der Waals surface area contributed by atoms with Crippen LogP contribution in [0.25, 0.3) is 39.2 Å². The van der Waals surface area contributed by atoms with Gasteiger partial charge in [-0.3, -0.25) is 19.1 Å². The summed E-state index contributed by atoms with van der Waals surface area (Å²) in [6.07, 6.45) is 2.58. The minimum Gasteiger partial charge on any atom is -0.481 e. The molecule has 0 spiro atoms. The zero-order valence-electron chi connectivity index (χ0n) is 28.1. The number of nitrogens with one attached hydrogen (secondary N) is 2. The van der Waals surface area contributed by atoms with Gasteiger partial charge in [0, 0.05) is 72.8 Å². The number of carbonyl (C=O) groups excluding carboxylic acids is 1. The number of hydrogen-bond donors (Lipinski definition) is 4. The largest absolute Gasteiger partial charge is 0.481 e. The third kappa shape index (κ3) is 7.54. The number of aliphatic hydroxyl groups excluding tert-OH is 1. The summed E-state index contributed by atoms with van der Waals surface area (Å²) in [4.78, 5) is 47.3. The number of methoxy groups -OCH3 is 1. The predicted octanol–water partition coefficient (Wildman–Crippen LogP) is 4.37. The Bertz CT molecular complexity index is 2190. The molecule has 2 unspecified atom stereocenters. The zero-order chi connectivity index (χ0) is 36.4. The highest BCUT2D eigenvalue weighted by Crippen LogP contribution is 2.42. The summed E-state index contributed by atoms with van der Waals surface area (Å²) < 4.78 is 8.53. The summed E-state index contributed by atoms with van der Waals surface area (Å²) in [5.74, 6) is 0.638. The number of halogens is 2.